The summed E-state index contributed by atoms with van der Waals surface area (Å²) in [6.45, 7) is 8.43. The van der Waals surface area contributed by atoms with Gasteiger partial charge in [-0.05, 0) is 69.7 Å². The molecule has 3 aliphatic rings. The average Bonchev–Trinajstić information content (AvgIpc) is 3.25. The van der Waals surface area contributed by atoms with Gasteiger partial charge in [0.05, 0.1) is 30.7 Å². The van der Waals surface area contributed by atoms with Gasteiger partial charge in [-0.3, -0.25) is 4.79 Å². The first-order valence-corrected chi connectivity index (χ1v) is 15.8. The number of piperidine rings is 1. The second-order valence-corrected chi connectivity index (χ2v) is 13.2. The quantitative estimate of drug-likeness (QED) is 0.342. The Hall–Kier alpha value is -4.73. The predicted octanol–water partition coefficient (Wildman–Crippen LogP) is 4.36. The summed E-state index contributed by atoms with van der Waals surface area (Å²) in [4.78, 5) is 47.0. The lowest BCUT2D eigenvalue weighted by molar-refractivity contribution is -0.137. The highest BCUT2D eigenvalue weighted by atomic mass is 19.4. The van der Waals surface area contributed by atoms with Crippen molar-refractivity contribution in [3.8, 4) is 11.4 Å². The predicted molar refractivity (Wildman–Crippen MR) is 171 cm³/mol. The molecule has 3 fully saturated rings. The van der Waals surface area contributed by atoms with Gasteiger partial charge < -0.3 is 35.6 Å². The van der Waals surface area contributed by atoms with Crippen LogP contribution in [-0.4, -0.2) is 83.0 Å². The second-order valence-electron chi connectivity index (χ2n) is 13.2. The molecule has 2 amide bonds. The van der Waals surface area contributed by atoms with E-state index in [2.05, 4.69) is 35.5 Å². The highest BCUT2D eigenvalue weighted by Crippen LogP contribution is 2.41. The van der Waals surface area contributed by atoms with Crippen molar-refractivity contribution in [3.05, 3.63) is 47.9 Å². The van der Waals surface area contributed by atoms with Crippen molar-refractivity contribution in [2.75, 3.05) is 60.2 Å². The number of pyridine rings is 2. The normalized spacial score (nSPS) is 21.2. The van der Waals surface area contributed by atoms with Crippen LogP contribution in [0.2, 0.25) is 0 Å². The van der Waals surface area contributed by atoms with E-state index < -0.39 is 35.0 Å². The largest absolute Gasteiger partial charge is 0.444 e. The summed E-state index contributed by atoms with van der Waals surface area (Å²) >= 11 is 0. The van der Waals surface area contributed by atoms with Gasteiger partial charge in [-0.1, -0.05) is 0 Å². The molecule has 3 aromatic rings. The number of nitrogens with two attached hydrogens (primary N) is 1. The first kappa shape index (κ1) is 33.2. The van der Waals surface area contributed by atoms with Gasteiger partial charge in [0.15, 0.2) is 17.3 Å². The Bertz CT molecular complexity index is 1660. The molecule has 2 aliphatic heterocycles. The van der Waals surface area contributed by atoms with Crippen LogP contribution in [0.4, 0.5) is 41.1 Å². The van der Waals surface area contributed by atoms with Gasteiger partial charge in [0.25, 0.3) is 5.91 Å². The van der Waals surface area contributed by atoms with Gasteiger partial charge in [0, 0.05) is 38.4 Å². The number of rotatable bonds is 6. The van der Waals surface area contributed by atoms with Crippen LogP contribution in [0.25, 0.3) is 11.4 Å². The van der Waals surface area contributed by atoms with Crippen molar-refractivity contribution < 1.29 is 32.2 Å². The molecule has 1 aliphatic carbocycles. The summed E-state index contributed by atoms with van der Waals surface area (Å²) in [6, 6.07) is 5.79. The number of amides is 2. The number of nitrogens with zero attached hydrogens (tertiary/aromatic N) is 6. The first-order valence-electron chi connectivity index (χ1n) is 15.8. The minimum Gasteiger partial charge on any atom is -0.444 e. The fourth-order valence-electron chi connectivity index (χ4n) is 6.53. The number of ether oxygens (including phenoxy) is 2. The van der Waals surface area contributed by atoms with Crippen LogP contribution < -0.4 is 26.2 Å². The van der Waals surface area contributed by atoms with Crippen LogP contribution in [0.15, 0.2) is 36.7 Å². The lowest BCUT2D eigenvalue weighted by Gasteiger charge is -2.40. The van der Waals surface area contributed by atoms with Crippen LogP contribution in [0.3, 0.4) is 0 Å². The Labute approximate surface area is 275 Å². The van der Waals surface area contributed by atoms with Crippen molar-refractivity contribution >= 4 is 35.1 Å². The molecule has 13 nitrogen and oxygen atoms in total. The number of nitrogen functional groups attached to an aromatic ring is 1. The number of carbonyl (C=O) groups excluding carboxylic acids is 2. The van der Waals surface area contributed by atoms with E-state index in [9.17, 15) is 22.8 Å². The number of carbonyl (C=O) groups is 2. The number of halogens is 3. The highest BCUT2D eigenvalue weighted by molar-refractivity contribution is 6.06. The van der Waals surface area contributed by atoms with E-state index in [1.54, 1.807) is 6.07 Å². The van der Waals surface area contributed by atoms with E-state index in [0.29, 0.717) is 50.9 Å². The number of nitrogens with one attached hydrogen (secondary N) is 2. The van der Waals surface area contributed by atoms with Crippen LogP contribution in [0.1, 0.15) is 49.7 Å². The second kappa shape index (κ2) is 13.1. The fourth-order valence-corrected chi connectivity index (χ4v) is 6.53. The standard InChI is InChI=1S/C32H38F3N9O4/c1-31(2,3)48-30(46)41-24-18-6-7-19(24)17-44(16-18)22-5-4-10-37-28(22)42-29(45)26-27(36)38-15-21(39-26)25-20(32(33,34)35)8-9-23(40-25)43-11-13-47-14-12-43/h4-5,8-10,15,18-19,24H,6-7,11-14,16-17H2,1-3H3,(H2,36,38)(H,41,46)(H,37,42,45)/t18-,19?,24-/m0/s1. The minimum atomic E-state index is -4.74. The Morgan fingerprint density at radius 1 is 1.00 bits per heavy atom. The molecule has 48 heavy (non-hydrogen) atoms. The highest BCUT2D eigenvalue weighted by Gasteiger charge is 2.44. The summed E-state index contributed by atoms with van der Waals surface area (Å²) in [5.41, 5.74) is 3.98. The van der Waals surface area contributed by atoms with Gasteiger partial charge in [0.1, 0.15) is 22.8 Å². The molecular formula is C32H38F3N9O4. The molecular weight excluding hydrogens is 631 g/mol. The number of fused-ring (bicyclic) bond motifs is 2. The molecule has 5 heterocycles. The smallest absolute Gasteiger partial charge is 0.418 e. The SMILES string of the molecule is CC(C)(C)OC(=O)N[C@@H]1C2CC[C@H]1CN(c1cccnc1NC(=O)c1nc(-c3nc(N4CCOCC4)ccc3C(F)(F)F)cnc1N)C2. The molecule has 16 heteroatoms. The lowest BCUT2D eigenvalue weighted by atomic mass is 9.92. The van der Waals surface area contributed by atoms with Crippen LogP contribution in [-0.2, 0) is 15.7 Å². The Morgan fingerprint density at radius 2 is 1.71 bits per heavy atom. The van der Waals surface area contributed by atoms with E-state index in [0.717, 1.165) is 25.1 Å². The molecule has 2 bridgehead atoms. The minimum absolute atomic E-state index is 0.0411. The Balaban J connectivity index is 1.23. The summed E-state index contributed by atoms with van der Waals surface area (Å²) in [5, 5.41) is 5.79. The molecule has 3 aromatic heterocycles. The third-order valence-electron chi connectivity index (χ3n) is 8.66. The third-order valence-corrected chi connectivity index (χ3v) is 8.66. The summed E-state index contributed by atoms with van der Waals surface area (Å²) in [5.74, 6) is -0.190. The summed E-state index contributed by atoms with van der Waals surface area (Å²) < 4.78 is 53.1. The van der Waals surface area contributed by atoms with Crippen LogP contribution >= 0.6 is 0 Å². The van der Waals surface area contributed by atoms with Crippen molar-refractivity contribution in [1.29, 1.82) is 0 Å². The summed E-state index contributed by atoms with van der Waals surface area (Å²) in [7, 11) is 0. The van der Waals surface area contributed by atoms with Crippen molar-refractivity contribution in [2.24, 2.45) is 11.8 Å². The molecule has 1 unspecified atom stereocenters. The monoisotopic (exact) mass is 669 g/mol. The summed E-state index contributed by atoms with van der Waals surface area (Å²) in [6.07, 6.45) is -0.753. The number of morpholine rings is 1. The van der Waals surface area contributed by atoms with E-state index >= 15 is 0 Å². The maximum absolute atomic E-state index is 14.1. The van der Waals surface area contributed by atoms with Gasteiger partial charge in [-0.2, -0.15) is 13.2 Å². The topological polar surface area (TPSA) is 161 Å². The van der Waals surface area contributed by atoms with Gasteiger partial charge in [-0.25, -0.2) is 24.7 Å². The van der Waals surface area contributed by atoms with Crippen molar-refractivity contribution in [3.63, 3.8) is 0 Å². The molecule has 6 rings (SSSR count). The number of hydrogen-bond acceptors (Lipinski definition) is 11. The molecule has 0 aromatic carbocycles. The molecule has 0 radical (unpaired) electrons. The van der Waals surface area contributed by atoms with E-state index in [1.807, 2.05) is 31.7 Å². The van der Waals surface area contributed by atoms with Gasteiger partial charge >= 0.3 is 12.3 Å². The van der Waals surface area contributed by atoms with Gasteiger partial charge in [0.2, 0.25) is 0 Å². The zero-order valence-corrected chi connectivity index (χ0v) is 26.9. The van der Waals surface area contributed by atoms with Crippen molar-refractivity contribution in [2.45, 2.75) is 51.4 Å². The first-order chi connectivity index (χ1) is 22.8. The van der Waals surface area contributed by atoms with E-state index in [-0.39, 0.29) is 40.9 Å². The van der Waals surface area contributed by atoms with E-state index in [1.165, 1.54) is 12.3 Å². The number of alkyl carbamates (subject to hydrolysis) is 1. The number of alkyl halides is 3. The molecule has 3 atom stereocenters. The average molecular weight is 670 g/mol. The third kappa shape index (κ3) is 7.22. The Morgan fingerprint density at radius 3 is 2.38 bits per heavy atom. The maximum atomic E-state index is 14.1. The molecule has 1 saturated carbocycles. The van der Waals surface area contributed by atoms with Crippen molar-refractivity contribution in [1.82, 2.24) is 25.3 Å². The Kier molecular flexibility index (Phi) is 9.02. The zero-order valence-electron chi connectivity index (χ0n) is 26.9. The molecule has 4 N–H and O–H groups in total. The van der Waals surface area contributed by atoms with E-state index in [4.69, 9.17) is 15.2 Å². The van der Waals surface area contributed by atoms with Crippen LogP contribution in [0, 0.1) is 11.8 Å². The maximum Gasteiger partial charge on any atom is 0.418 e. The molecule has 256 valence electrons. The number of aromatic nitrogens is 4. The number of anilines is 4. The van der Waals surface area contributed by atoms with Crippen LogP contribution in [0.5, 0.6) is 0 Å². The number of hydrogen-bond donors (Lipinski definition) is 3. The lowest BCUT2D eigenvalue weighted by Crippen LogP contribution is -2.53. The molecule has 0 spiro atoms. The fraction of sp³-hybridized carbons (Fsp3) is 0.500. The molecule has 2 saturated heterocycles. The zero-order chi connectivity index (χ0) is 34.2. The van der Waals surface area contributed by atoms with Gasteiger partial charge in [-0.15, -0.1) is 0 Å².